The van der Waals surface area contributed by atoms with E-state index in [1.54, 1.807) is 0 Å². The van der Waals surface area contributed by atoms with Crippen molar-refractivity contribution in [3.63, 3.8) is 0 Å². The maximum atomic E-state index is 11.7. The van der Waals surface area contributed by atoms with Crippen molar-refractivity contribution in [3.05, 3.63) is 28.3 Å². The van der Waals surface area contributed by atoms with Gasteiger partial charge in [-0.2, -0.15) is 0 Å². The van der Waals surface area contributed by atoms with Crippen LogP contribution in [0.25, 0.3) is 0 Å². The summed E-state index contributed by atoms with van der Waals surface area (Å²) in [4.78, 5) is 21.0. The first kappa shape index (κ1) is 16.2. The minimum absolute atomic E-state index is 0.0685. The molecule has 1 aromatic rings. The van der Waals surface area contributed by atoms with Crippen LogP contribution >= 0.6 is 11.6 Å². The molecule has 0 fully saturated rings. The van der Waals surface area contributed by atoms with Crippen molar-refractivity contribution < 1.29 is 22.9 Å². The predicted molar refractivity (Wildman–Crippen MR) is 72.7 cm³/mol. The number of hydrogen-bond donors (Lipinski definition) is 0. The number of rotatable bonds is 6. The molecule has 8 nitrogen and oxygen atoms in total. The monoisotopic (exact) mass is 322 g/mol. The molecule has 110 valence electrons. The summed E-state index contributed by atoms with van der Waals surface area (Å²) in [5.74, 6) is 0.0685. The highest BCUT2D eigenvalue weighted by molar-refractivity contribution is 7.92. The number of hydrogen-bond acceptors (Lipinski definition) is 6. The van der Waals surface area contributed by atoms with E-state index < -0.39 is 26.7 Å². The van der Waals surface area contributed by atoms with Gasteiger partial charge in [-0.25, -0.2) is 8.42 Å². The Balaban J connectivity index is 3.48. The topological polar surface area (TPSA) is 107 Å². The van der Waals surface area contributed by atoms with Gasteiger partial charge in [-0.3, -0.25) is 19.2 Å². The summed E-state index contributed by atoms with van der Waals surface area (Å²) in [6, 6.07) is 3.40. The van der Waals surface area contributed by atoms with Crippen molar-refractivity contribution in [3.8, 4) is 5.75 Å². The second-order valence-electron chi connectivity index (χ2n) is 3.74. The van der Waals surface area contributed by atoms with Gasteiger partial charge in [-0.1, -0.05) is 0 Å². The van der Waals surface area contributed by atoms with Gasteiger partial charge in [0.15, 0.2) is 0 Å². The van der Waals surface area contributed by atoms with Crippen LogP contribution < -0.4 is 9.04 Å². The molecule has 0 spiro atoms. The van der Waals surface area contributed by atoms with E-state index in [0.717, 1.165) is 18.4 Å². The van der Waals surface area contributed by atoms with Crippen molar-refractivity contribution in [2.24, 2.45) is 0 Å². The Morgan fingerprint density at radius 3 is 2.50 bits per heavy atom. The third-order valence-corrected chi connectivity index (χ3v) is 3.56. The molecule has 0 heterocycles. The first-order valence-electron chi connectivity index (χ1n) is 5.15. The lowest BCUT2D eigenvalue weighted by Crippen LogP contribution is -2.33. The Morgan fingerprint density at radius 1 is 1.50 bits per heavy atom. The normalized spacial score (nSPS) is 10.9. The Hall–Kier alpha value is -1.87. The largest absolute Gasteiger partial charge is 0.495 e. The highest BCUT2D eigenvalue weighted by atomic mass is 35.5. The van der Waals surface area contributed by atoms with Crippen molar-refractivity contribution in [2.75, 3.05) is 24.2 Å². The zero-order valence-electron chi connectivity index (χ0n) is 10.6. The lowest BCUT2D eigenvalue weighted by molar-refractivity contribution is -0.384. The van der Waals surface area contributed by atoms with Crippen LogP contribution in [0, 0.1) is 10.1 Å². The van der Waals surface area contributed by atoms with Gasteiger partial charge in [0.25, 0.3) is 5.69 Å². The molecule has 0 bridgehead atoms. The molecule has 1 rings (SSSR count). The van der Waals surface area contributed by atoms with Gasteiger partial charge in [0, 0.05) is 12.1 Å². The maximum absolute atomic E-state index is 11.7. The van der Waals surface area contributed by atoms with E-state index in [2.05, 4.69) is 0 Å². The maximum Gasteiger partial charge on any atom is 0.271 e. The van der Waals surface area contributed by atoms with Crippen LogP contribution in [-0.2, 0) is 14.8 Å². The SMILES string of the molecule is COc1ccc([N+](=O)[O-])cc1N(CC(=O)Cl)S(C)(=O)=O. The predicted octanol–water partition coefficient (Wildman–Crippen LogP) is 1.13. The minimum atomic E-state index is -3.86. The molecule has 0 N–H and O–H groups in total. The number of carbonyl (C=O) groups excluding carboxylic acids is 1. The average Bonchev–Trinajstić information content (AvgIpc) is 2.33. The molecule has 0 aliphatic carbocycles. The number of carbonyl (C=O) groups is 1. The highest BCUT2D eigenvalue weighted by Gasteiger charge is 2.25. The van der Waals surface area contributed by atoms with Crippen molar-refractivity contribution in [1.29, 1.82) is 0 Å². The minimum Gasteiger partial charge on any atom is -0.495 e. The van der Waals surface area contributed by atoms with Crippen molar-refractivity contribution in [2.45, 2.75) is 0 Å². The van der Waals surface area contributed by atoms with Crippen LogP contribution in [0.2, 0.25) is 0 Å². The molecule has 0 saturated carbocycles. The molecule has 0 unspecified atom stereocenters. The number of nitro benzene ring substituents is 1. The highest BCUT2D eigenvalue weighted by Crippen LogP contribution is 2.33. The molecule has 10 heteroatoms. The van der Waals surface area contributed by atoms with Gasteiger partial charge >= 0.3 is 0 Å². The van der Waals surface area contributed by atoms with E-state index in [1.807, 2.05) is 0 Å². The molecule has 1 aromatic carbocycles. The Labute approximate surface area is 120 Å². The summed E-state index contributed by atoms with van der Waals surface area (Å²) in [6.45, 7) is -0.655. The van der Waals surface area contributed by atoms with Gasteiger partial charge in [-0.15, -0.1) is 0 Å². The molecule has 0 radical (unpaired) electrons. The fraction of sp³-hybridized carbons (Fsp3) is 0.300. The summed E-state index contributed by atoms with van der Waals surface area (Å²) in [7, 11) is -2.59. The number of ether oxygens (including phenoxy) is 1. The quantitative estimate of drug-likeness (QED) is 0.441. The number of nitrogens with zero attached hydrogens (tertiary/aromatic N) is 2. The fourth-order valence-electron chi connectivity index (χ4n) is 1.48. The van der Waals surface area contributed by atoms with Gasteiger partial charge in [-0.05, 0) is 17.7 Å². The Morgan fingerprint density at radius 2 is 2.10 bits per heavy atom. The first-order chi connectivity index (χ1) is 9.16. The van der Waals surface area contributed by atoms with Gasteiger partial charge in [0.2, 0.25) is 15.3 Å². The second-order valence-corrected chi connectivity index (χ2v) is 6.07. The van der Waals surface area contributed by atoms with E-state index in [9.17, 15) is 23.3 Å². The van der Waals surface area contributed by atoms with E-state index in [-0.39, 0.29) is 17.1 Å². The van der Waals surface area contributed by atoms with E-state index in [1.165, 1.54) is 13.2 Å². The lowest BCUT2D eigenvalue weighted by Gasteiger charge is -2.22. The Kier molecular flexibility index (Phi) is 4.90. The molecule has 0 aliphatic heterocycles. The van der Waals surface area contributed by atoms with E-state index in [0.29, 0.717) is 4.31 Å². The van der Waals surface area contributed by atoms with Crippen molar-refractivity contribution in [1.82, 2.24) is 0 Å². The number of non-ortho nitro benzene ring substituents is 1. The van der Waals surface area contributed by atoms with E-state index in [4.69, 9.17) is 16.3 Å². The summed E-state index contributed by atoms with van der Waals surface area (Å²) in [5.41, 5.74) is -0.463. The molecule has 0 amide bonds. The van der Waals surface area contributed by atoms with Gasteiger partial charge < -0.3 is 4.74 Å². The molecule has 0 saturated heterocycles. The lowest BCUT2D eigenvalue weighted by atomic mass is 10.2. The number of nitro groups is 1. The average molecular weight is 323 g/mol. The molecular weight excluding hydrogens is 312 g/mol. The summed E-state index contributed by atoms with van der Waals surface area (Å²) < 4.78 is 29.0. The van der Waals surface area contributed by atoms with E-state index >= 15 is 0 Å². The standard InChI is InChI=1S/C10H11ClN2O6S/c1-19-9-4-3-7(13(15)16)5-8(9)12(6-10(11)14)20(2,17)18/h3-5H,6H2,1-2H3. The zero-order valence-corrected chi connectivity index (χ0v) is 12.1. The molecular formula is C10H11ClN2O6S. The molecule has 20 heavy (non-hydrogen) atoms. The Bertz CT molecular complexity index is 645. The second kappa shape index (κ2) is 6.06. The number of sulfonamides is 1. The van der Waals surface area contributed by atoms with Crippen LogP contribution in [0.3, 0.4) is 0 Å². The molecule has 0 aliphatic rings. The van der Waals surface area contributed by atoms with Crippen molar-refractivity contribution >= 4 is 38.2 Å². The van der Waals surface area contributed by atoms with Crippen LogP contribution in [0.5, 0.6) is 5.75 Å². The number of halogens is 1. The van der Waals surface area contributed by atoms with Gasteiger partial charge in [0.05, 0.1) is 18.3 Å². The smallest absolute Gasteiger partial charge is 0.271 e. The third-order valence-electron chi connectivity index (χ3n) is 2.31. The van der Waals surface area contributed by atoms with Crippen LogP contribution in [-0.4, -0.2) is 38.5 Å². The molecule has 0 atom stereocenters. The zero-order chi connectivity index (χ0) is 15.5. The van der Waals surface area contributed by atoms with Gasteiger partial charge in [0.1, 0.15) is 18.0 Å². The number of benzene rings is 1. The number of methoxy groups -OCH3 is 1. The first-order valence-corrected chi connectivity index (χ1v) is 7.38. The number of anilines is 1. The summed E-state index contributed by atoms with van der Waals surface area (Å²) in [5, 5.41) is 9.82. The van der Waals surface area contributed by atoms with Crippen LogP contribution in [0.15, 0.2) is 18.2 Å². The fourth-order valence-corrected chi connectivity index (χ4v) is 2.52. The third kappa shape index (κ3) is 3.81. The molecule has 0 aromatic heterocycles. The van der Waals surface area contributed by atoms with Crippen LogP contribution in [0.4, 0.5) is 11.4 Å². The van der Waals surface area contributed by atoms with Crippen LogP contribution in [0.1, 0.15) is 0 Å². The summed E-state index contributed by atoms with van der Waals surface area (Å²) >= 11 is 5.21. The summed E-state index contributed by atoms with van der Waals surface area (Å²) in [6.07, 6.45) is 0.852.